The van der Waals surface area contributed by atoms with E-state index < -0.39 is 15.6 Å². The summed E-state index contributed by atoms with van der Waals surface area (Å²) in [6, 6.07) is 7.32. The van der Waals surface area contributed by atoms with Crippen molar-refractivity contribution in [3.05, 3.63) is 23.9 Å². The van der Waals surface area contributed by atoms with Crippen LogP contribution in [0, 0.1) is 11.3 Å². The maximum Gasteiger partial charge on any atom is 0.211 e. The van der Waals surface area contributed by atoms with Crippen molar-refractivity contribution in [2.75, 3.05) is 31.3 Å². The van der Waals surface area contributed by atoms with Crippen LogP contribution in [0.1, 0.15) is 18.5 Å². The van der Waals surface area contributed by atoms with Crippen LogP contribution in [0.25, 0.3) is 0 Å². The predicted octanol–water partition coefficient (Wildman–Crippen LogP) is 0.558. The van der Waals surface area contributed by atoms with E-state index in [2.05, 4.69) is 10.3 Å². The normalized spacial score (nSPS) is 28.8. The van der Waals surface area contributed by atoms with Crippen LogP contribution in [0.3, 0.4) is 0 Å². The van der Waals surface area contributed by atoms with Gasteiger partial charge in [0, 0.05) is 19.5 Å². The molecule has 22 heavy (non-hydrogen) atoms. The molecular weight excluding hydrogens is 304 g/mol. The van der Waals surface area contributed by atoms with Gasteiger partial charge in [-0.15, -0.1) is 0 Å². The Balaban J connectivity index is 1.65. The minimum Gasteiger partial charge on any atom is -0.371 e. The van der Waals surface area contributed by atoms with Gasteiger partial charge in [0.15, 0.2) is 0 Å². The van der Waals surface area contributed by atoms with E-state index in [1.54, 1.807) is 12.1 Å². The summed E-state index contributed by atoms with van der Waals surface area (Å²) in [7, 11) is -3.17. The number of nitriles is 1. The lowest BCUT2D eigenvalue weighted by molar-refractivity contribution is 0.0173. The first-order chi connectivity index (χ1) is 10.4. The Labute approximate surface area is 130 Å². The molecular formula is C14H18N4O3S. The molecule has 0 amide bonds. The molecule has 2 aliphatic heterocycles. The fourth-order valence-corrected chi connectivity index (χ4v) is 3.99. The minimum absolute atomic E-state index is 0.0703. The highest BCUT2D eigenvalue weighted by Gasteiger charge is 2.47. The molecule has 1 N–H and O–H groups in total. The fraction of sp³-hybridized carbons (Fsp3) is 0.571. The largest absolute Gasteiger partial charge is 0.371 e. The number of aromatic nitrogens is 1. The first-order valence-corrected chi connectivity index (χ1v) is 8.98. The Morgan fingerprint density at radius 3 is 3.05 bits per heavy atom. The van der Waals surface area contributed by atoms with Crippen LogP contribution in [-0.4, -0.2) is 55.3 Å². The molecule has 7 nitrogen and oxygen atoms in total. The third-order valence-corrected chi connectivity index (χ3v) is 5.42. The minimum atomic E-state index is -3.17. The molecule has 0 aromatic carbocycles. The van der Waals surface area contributed by atoms with Crippen LogP contribution in [0.2, 0.25) is 0 Å². The number of ether oxygens (including phenoxy) is 1. The van der Waals surface area contributed by atoms with Crippen molar-refractivity contribution < 1.29 is 13.2 Å². The standard InChI is InChI=1S/C14H18N4O3S/c1-22(19,20)18-6-5-14(10-18)7-12(9-21-14)17-13-4-2-3-11(8-15)16-13/h2-4,12H,5-7,9-10H2,1H3,(H,16,17)/t12-,14-/m1/s1. The van der Waals surface area contributed by atoms with E-state index in [-0.39, 0.29) is 6.04 Å². The lowest BCUT2D eigenvalue weighted by Crippen LogP contribution is -2.35. The summed E-state index contributed by atoms with van der Waals surface area (Å²) in [5, 5.41) is 12.1. The first-order valence-electron chi connectivity index (χ1n) is 7.13. The maximum atomic E-state index is 11.6. The Morgan fingerprint density at radius 2 is 2.36 bits per heavy atom. The third-order valence-electron chi connectivity index (χ3n) is 4.18. The van der Waals surface area contributed by atoms with Crippen LogP contribution in [0.5, 0.6) is 0 Å². The van der Waals surface area contributed by atoms with E-state index in [4.69, 9.17) is 10.00 Å². The van der Waals surface area contributed by atoms with E-state index in [0.717, 1.165) is 6.42 Å². The Morgan fingerprint density at radius 1 is 1.55 bits per heavy atom. The van der Waals surface area contributed by atoms with Crippen LogP contribution in [0.15, 0.2) is 18.2 Å². The number of nitrogens with one attached hydrogen (secondary N) is 1. The average Bonchev–Trinajstić information content (AvgIpc) is 3.07. The lowest BCUT2D eigenvalue weighted by atomic mass is 9.97. The molecule has 0 radical (unpaired) electrons. The number of sulfonamides is 1. The lowest BCUT2D eigenvalue weighted by Gasteiger charge is -2.22. The van der Waals surface area contributed by atoms with E-state index in [9.17, 15) is 8.42 Å². The molecule has 2 aliphatic rings. The van der Waals surface area contributed by atoms with Crippen molar-refractivity contribution in [1.29, 1.82) is 5.26 Å². The van der Waals surface area contributed by atoms with Crippen molar-refractivity contribution in [3.63, 3.8) is 0 Å². The summed E-state index contributed by atoms with van der Waals surface area (Å²) in [6.45, 7) is 1.43. The van der Waals surface area contributed by atoms with Crippen molar-refractivity contribution in [3.8, 4) is 6.07 Å². The van der Waals surface area contributed by atoms with Gasteiger partial charge in [0.25, 0.3) is 0 Å². The number of hydrogen-bond acceptors (Lipinski definition) is 6. The number of hydrogen-bond donors (Lipinski definition) is 1. The zero-order valence-electron chi connectivity index (χ0n) is 12.3. The van der Waals surface area contributed by atoms with Gasteiger partial charge in [-0.25, -0.2) is 13.4 Å². The summed E-state index contributed by atoms with van der Waals surface area (Å²) in [6.07, 6.45) is 2.68. The van der Waals surface area contributed by atoms with Crippen LogP contribution >= 0.6 is 0 Å². The van der Waals surface area contributed by atoms with Crippen molar-refractivity contribution in [2.45, 2.75) is 24.5 Å². The molecule has 1 aromatic rings. The maximum absolute atomic E-state index is 11.6. The molecule has 2 saturated heterocycles. The average molecular weight is 322 g/mol. The fourth-order valence-electron chi connectivity index (χ4n) is 3.10. The monoisotopic (exact) mass is 322 g/mol. The zero-order valence-corrected chi connectivity index (χ0v) is 13.1. The third kappa shape index (κ3) is 3.06. The van der Waals surface area contributed by atoms with Crippen molar-refractivity contribution in [1.82, 2.24) is 9.29 Å². The van der Waals surface area contributed by atoms with Gasteiger partial charge in [0.2, 0.25) is 10.0 Å². The second-order valence-corrected chi connectivity index (χ2v) is 7.89. The van der Waals surface area contributed by atoms with Crippen LogP contribution < -0.4 is 5.32 Å². The van der Waals surface area contributed by atoms with Gasteiger partial charge in [-0.3, -0.25) is 0 Å². The second kappa shape index (κ2) is 5.50. The van der Waals surface area contributed by atoms with E-state index in [1.807, 2.05) is 12.1 Å². The molecule has 3 heterocycles. The first kappa shape index (κ1) is 15.2. The Bertz CT molecular complexity index is 715. The molecule has 0 saturated carbocycles. The number of nitrogens with zero attached hydrogens (tertiary/aromatic N) is 3. The SMILES string of the molecule is CS(=O)(=O)N1CC[C@@]2(C[C@@H](Nc3cccc(C#N)n3)CO2)C1. The molecule has 0 unspecified atom stereocenters. The van der Waals surface area contributed by atoms with Gasteiger partial charge in [0.05, 0.1) is 24.5 Å². The Kier molecular flexibility index (Phi) is 3.80. The molecule has 1 aromatic heterocycles. The number of anilines is 1. The van der Waals surface area contributed by atoms with Crippen LogP contribution in [-0.2, 0) is 14.8 Å². The number of rotatable bonds is 3. The summed E-state index contributed by atoms with van der Waals surface area (Å²) in [5.41, 5.74) is -0.0316. The molecule has 0 bridgehead atoms. The summed E-state index contributed by atoms with van der Waals surface area (Å²) >= 11 is 0. The summed E-state index contributed by atoms with van der Waals surface area (Å²) in [5.74, 6) is 0.641. The van der Waals surface area contributed by atoms with Crippen molar-refractivity contribution in [2.24, 2.45) is 0 Å². The molecule has 0 aliphatic carbocycles. The van der Waals surface area contributed by atoms with E-state index in [1.165, 1.54) is 10.6 Å². The molecule has 2 fully saturated rings. The summed E-state index contributed by atoms with van der Waals surface area (Å²) in [4.78, 5) is 4.19. The van der Waals surface area contributed by atoms with Gasteiger partial charge >= 0.3 is 0 Å². The molecule has 118 valence electrons. The number of pyridine rings is 1. The van der Waals surface area contributed by atoms with E-state index >= 15 is 0 Å². The quantitative estimate of drug-likeness (QED) is 0.873. The van der Waals surface area contributed by atoms with Crippen molar-refractivity contribution >= 4 is 15.8 Å². The Hall–Kier alpha value is -1.69. The smallest absolute Gasteiger partial charge is 0.211 e. The van der Waals surface area contributed by atoms with Gasteiger partial charge in [-0.1, -0.05) is 6.07 Å². The van der Waals surface area contributed by atoms with Crippen LogP contribution in [0.4, 0.5) is 5.82 Å². The highest BCUT2D eigenvalue weighted by atomic mass is 32.2. The molecule has 2 atom stereocenters. The molecule has 1 spiro atoms. The van der Waals surface area contributed by atoms with Gasteiger partial charge < -0.3 is 10.1 Å². The van der Waals surface area contributed by atoms with Gasteiger partial charge in [-0.2, -0.15) is 9.57 Å². The summed E-state index contributed by atoms with van der Waals surface area (Å²) < 4.78 is 30.6. The highest BCUT2D eigenvalue weighted by molar-refractivity contribution is 7.88. The molecule has 3 rings (SSSR count). The molecule has 8 heteroatoms. The predicted molar refractivity (Wildman–Crippen MR) is 80.7 cm³/mol. The topological polar surface area (TPSA) is 95.3 Å². The van der Waals surface area contributed by atoms with E-state index in [0.29, 0.717) is 37.6 Å². The second-order valence-electron chi connectivity index (χ2n) is 5.91. The van der Waals surface area contributed by atoms with Gasteiger partial charge in [-0.05, 0) is 18.6 Å². The van der Waals surface area contributed by atoms with Gasteiger partial charge in [0.1, 0.15) is 17.6 Å². The highest BCUT2D eigenvalue weighted by Crippen LogP contribution is 2.36. The zero-order chi connectivity index (χ0) is 15.8.